The summed E-state index contributed by atoms with van der Waals surface area (Å²) in [5.41, 5.74) is 2.13. The van der Waals surface area contributed by atoms with Gasteiger partial charge in [0, 0.05) is 19.6 Å². The normalized spacial score (nSPS) is 22.8. The van der Waals surface area contributed by atoms with E-state index < -0.39 is 0 Å². The van der Waals surface area contributed by atoms with Crippen LogP contribution in [0.4, 0.5) is 11.4 Å². The van der Waals surface area contributed by atoms with Gasteiger partial charge in [0.1, 0.15) is 0 Å². The second-order valence-corrected chi connectivity index (χ2v) is 5.74. The first-order valence-electron chi connectivity index (χ1n) is 7.70. The van der Waals surface area contributed by atoms with Crippen molar-refractivity contribution >= 4 is 17.3 Å². The summed E-state index contributed by atoms with van der Waals surface area (Å²) in [5.74, 6) is 0.263. The van der Waals surface area contributed by atoms with Gasteiger partial charge in [-0.05, 0) is 44.4 Å². The van der Waals surface area contributed by atoms with Gasteiger partial charge in [-0.2, -0.15) is 0 Å². The van der Waals surface area contributed by atoms with Gasteiger partial charge in [0.15, 0.2) is 0 Å². The molecule has 1 aromatic carbocycles. The molecule has 2 N–H and O–H groups in total. The molecule has 3 rings (SSSR count). The van der Waals surface area contributed by atoms with E-state index in [1.54, 1.807) is 0 Å². The molecule has 1 atom stereocenters. The van der Waals surface area contributed by atoms with Gasteiger partial charge in [-0.25, -0.2) is 0 Å². The zero-order valence-corrected chi connectivity index (χ0v) is 11.9. The minimum Gasteiger partial charge on any atom is -0.370 e. The number of amides is 1. The molecule has 4 nitrogen and oxygen atoms in total. The fourth-order valence-corrected chi connectivity index (χ4v) is 3.12. The van der Waals surface area contributed by atoms with Crippen molar-refractivity contribution in [2.75, 3.05) is 36.4 Å². The van der Waals surface area contributed by atoms with Gasteiger partial charge in [-0.3, -0.25) is 4.79 Å². The maximum absolute atomic E-state index is 12.4. The molecule has 0 spiro atoms. The zero-order valence-electron chi connectivity index (χ0n) is 11.9. The fourth-order valence-electron chi connectivity index (χ4n) is 3.12. The topological polar surface area (TPSA) is 44.4 Å². The third-order valence-electron chi connectivity index (χ3n) is 4.28. The van der Waals surface area contributed by atoms with E-state index in [1.165, 1.54) is 18.5 Å². The van der Waals surface area contributed by atoms with E-state index in [2.05, 4.69) is 21.6 Å². The molecule has 0 bridgehead atoms. The Kier molecular flexibility index (Phi) is 4.21. The van der Waals surface area contributed by atoms with Gasteiger partial charge >= 0.3 is 0 Å². The first-order chi connectivity index (χ1) is 9.84. The van der Waals surface area contributed by atoms with E-state index in [-0.39, 0.29) is 11.8 Å². The highest BCUT2D eigenvalue weighted by Gasteiger charge is 2.22. The Labute approximate surface area is 120 Å². The molecule has 2 saturated heterocycles. The van der Waals surface area contributed by atoms with Gasteiger partial charge in [0.25, 0.3) is 0 Å². The number of nitrogens with one attached hydrogen (secondary N) is 2. The highest BCUT2D eigenvalue weighted by Crippen LogP contribution is 2.29. The zero-order chi connectivity index (χ0) is 13.8. The van der Waals surface area contributed by atoms with E-state index in [0.29, 0.717) is 0 Å². The van der Waals surface area contributed by atoms with Crippen LogP contribution in [0, 0.1) is 5.92 Å². The molecule has 2 fully saturated rings. The molecule has 1 unspecified atom stereocenters. The molecule has 1 amide bonds. The van der Waals surface area contributed by atoms with Crippen LogP contribution in [0.5, 0.6) is 0 Å². The second-order valence-electron chi connectivity index (χ2n) is 5.74. The standard InChI is InChI=1S/C16H23N3O/c20-16(13-6-5-9-17-12-13)18-14-7-1-2-8-15(14)19-10-3-4-11-19/h1-2,7-8,13,17H,3-6,9-12H2,(H,18,20). The summed E-state index contributed by atoms with van der Waals surface area (Å²) in [5, 5.41) is 6.44. The van der Waals surface area contributed by atoms with Crippen molar-refractivity contribution < 1.29 is 4.79 Å². The van der Waals surface area contributed by atoms with Crippen molar-refractivity contribution in [3.8, 4) is 0 Å². The van der Waals surface area contributed by atoms with Crippen molar-refractivity contribution in [3.63, 3.8) is 0 Å². The Balaban J connectivity index is 1.71. The molecule has 2 aliphatic rings. The summed E-state index contributed by atoms with van der Waals surface area (Å²) < 4.78 is 0. The highest BCUT2D eigenvalue weighted by atomic mass is 16.1. The van der Waals surface area contributed by atoms with Crippen molar-refractivity contribution in [1.82, 2.24) is 5.32 Å². The Morgan fingerprint density at radius 2 is 2.00 bits per heavy atom. The van der Waals surface area contributed by atoms with Gasteiger partial charge in [0.05, 0.1) is 17.3 Å². The lowest BCUT2D eigenvalue weighted by Gasteiger charge is -2.25. The van der Waals surface area contributed by atoms with Crippen LogP contribution >= 0.6 is 0 Å². The summed E-state index contributed by atoms with van der Waals surface area (Å²) in [7, 11) is 0. The van der Waals surface area contributed by atoms with Crippen LogP contribution in [0.1, 0.15) is 25.7 Å². The van der Waals surface area contributed by atoms with Gasteiger partial charge in [0.2, 0.25) is 5.91 Å². The third-order valence-corrected chi connectivity index (χ3v) is 4.28. The van der Waals surface area contributed by atoms with Gasteiger partial charge in [-0.1, -0.05) is 12.1 Å². The minimum absolute atomic E-state index is 0.107. The number of carbonyl (C=O) groups excluding carboxylic acids is 1. The Hall–Kier alpha value is -1.55. The third kappa shape index (κ3) is 2.96. The summed E-state index contributed by atoms with van der Waals surface area (Å²) in [6, 6.07) is 8.17. The molecule has 0 aromatic heterocycles. The summed E-state index contributed by atoms with van der Waals surface area (Å²) in [4.78, 5) is 14.7. The molecule has 0 saturated carbocycles. The van der Waals surface area contributed by atoms with Crippen molar-refractivity contribution in [3.05, 3.63) is 24.3 Å². The van der Waals surface area contributed by atoms with Crippen LogP contribution < -0.4 is 15.5 Å². The lowest BCUT2D eigenvalue weighted by atomic mass is 9.98. The average molecular weight is 273 g/mol. The molecule has 0 aliphatic carbocycles. The predicted octanol–water partition coefficient (Wildman–Crippen LogP) is 2.22. The highest BCUT2D eigenvalue weighted by molar-refractivity contribution is 5.96. The van der Waals surface area contributed by atoms with E-state index in [0.717, 1.165) is 44.7 Å². The number of nitrogens with zero attached hydrogens (tertiary/aromatic N) is 1. The minimum atomic E-state index is 0.107. The number of rotatable bonds is 3. The monoisotopic (exact) mass is 273 g/mol. The average Bonchev–Trinajstić information content (AvgIpc) is 3.03. The molecule has 108 valence electrons. The number of carbonyl (C=O) groups is 1. The SMILES string of the molecule is O=C(Nc1ccccc1N1CCCC1)C1CCCNC1. The van der Waals surface area contributed by atoms with Crippen molar-refractivity contribution in [2.24, 2.45) is 5.92 Å². The number of piperidine rings is 1. The van der Waals surface area contributed by atoms with E-state index in [9.17, 15) is 4.79 Å². The molecule has 1 aromatic rings. The Bertz CT molecular complexity index is 463. The molecule has 2 heterocycles. The Morgan fingerprint density at radius 1 is 1.20 bits per heavy atom. The number of para-hydroxylation sites is 2. The first kappa shape index (κ1) is 13.4. The van der Waals surface area contributed by atoms with Crippen LogP contribution in [0.3, 0.4) is 0 Å². The summed E-state index contributed by atoms with van der Waals surface area (Å²) >= 11 is 0. The summed E-state index contributed by atoms with van der Waals surface area (Å²) in [6.45, 7) is 4.03. The van der Waals surface area contributed by atoms with Gasteiger partial charge < -0.3 is 15.5 Å². The quantitative estimate of drug-likeness (QED) is 0.887. The van der Waals surface area contributed by atoms with Crippen LogP contribution in [0.25, 0.3) is 0 Å². The van der Waals surface area contributed by atoms with E-state index in [1.807, 2.05) is 18.2 Å². The fraction of sp³-hybridized carbons (Fsp3) is 0.562. The maximum atomic E-state index is 12.4. The number of anilines is 2. The van der Waals surface area contributed by atoms with E-state index in [4.69, 9.17) is 0 Å². The number of benzene rings is 1. The lowest BCUT2D eigenvalue weighted by Crippen LogP contribution is -2.37. The number of hydrogen-bond acceptors (Lipinski definition) is 3. The molecule has 20 heavy (non-hydrogen) atoms. The van der Waals surface area contributed by atoms with Crippen LogP contribution in [0.15, 0.2) is 24.3 Å². The maximum Gasteiger partial charge on any atom is 0.228 e. The van der Waals surface area contributed by atoms with Crippen LogP contribution in [-0.2, 0) is 4.79 Å². The first-order valence-corrected chi connectivity index (χ1v) is 7.70. The molecular weight excluding hydrogens is 250 g/mol. The van der Waals surface area contributed by atoms with E-state index >= 15 is 0 Å². The van der Waals surface area contributed by atoms with Crippen molar-refractivity contribution in [2.45, 2.75) is 25.7 Å². The van der Waals surface area contributed by atoms with Gasteiger partial charge in [-0.15, -0.1) is 0 Å². The second kappa shape index (κ2) is 6.27. The number of hydrogen-bond donors (Lipinski definition) is 2. The largest absolute Gasteiger partial charge is 0.370 e. The molecular formula is C16H23N3O. The lowest BCUT2D eigenvalue weighted by molar-refractivity contribution is -0.120. The summed E-state index contributed by atoms with van der Waals surface area (Å²) in [6.07, 6.45) is 4.57. The Morgan fingerprint density at radius 3 is 2.75 bits per heavy atom. The smallest absolute Gasteiger partial charge is 0.228 e. The molecule has 2 aliphatic heterocycles. The van der Waals surface area contributed by atoms with Crippen LogP contribution in [0.2, 0.25) is 0 Å². The van der Waals surface area contributed by atoms with Crippen molar-refractivity contribution in [1.29, 1.82) is 0 Å². The molecule has 4 heteroatoms. The molecule has 0 radical (unpaired) electrons. The van der Waals surface area contributed by atoms with Crippen LogP contribution in [-0.4, -0.2) is 32.1 Å². The predicted molar refractivity (Wildman–Crippen MR) is 82.1 cm³/mol.